The van der Waals surface area contributed by atoms with Gasteiger partial charge in [-0.2, -0.15) is 0 Å². The summed E-state index contributed by atoms with van der Waals surface area (Å²) in [6.07, 6.45) is 0.606. The van der Waals surface area contributed by atoms with Crippen LogP contribution in [0.25, 0.3) is 0 Å². The first-order chi connectivity index (χ1) is 7.10. The maximum atomic E-state index is 13.1. The number of nitrogen functional groups attached to an aromatic ring is 1. The minimum atomic E-state index is -0.554. The van der Waals surface area contributed by atoms with Crippen LogP contribution in [0.1, 0.15) is 6.92 Å². The van der Waals surface area contributed by atoms with E-state index < -0.39 is 5.82 Å². The van der Waals surface area contributed by atoms with E-state index in [1.54, 1.807) is 14.0 Å². The average molecular weight is 212 g/mol. The molecule has 0 radical (unpaired) electrons. The molecule has 0 aliphatic heterocycles. The lowest BCUT2D eigenvalue weighted by atomic mass is 10.2. The van der Waals surface area contributed by atoms with Crippen LogP contribution in [0.4, 0.5) is 15.8 Å². The highest BCUT2D eigenvalue weighted by Crippen LogP contribution is 2.31. The van der Waals surface area contributed by atoms with Crippen molar-refractivity contribution in [1.82, 2.24) is 0 Å². The van der Waals surface area contributed by atoms with E-state index in [0.717, 1.165) is 0 Å². The number of halogens is 1. The first kappa shape index (κ1) is 11.3. The van der Waals surface area contributed by atoms with Gasteiger partial charge in [0, 0.05) is 13.1 Å². The van der Waals surface area contributed by atoms with Crippen molar-refractivity contribution in [3.63, 3.8) is 0 Å². The molecule has 0 spiro atoms. The van der Waals surface area contributed by atoms with Crippen molar-refractivity contribution < 1.29 is 13.9 Å². The van der Waals surface area contributed by atoms with E-state index in [-0.39, 0.29) is 5.69 Å². The van der Waals surface area contributed by atoms with Crippen molar-refractivity contribution in [2.75, 3.05) is 24.3 Å². The summed E-state index contributed by atoms with van der Waals surface area (Å²) in [5.74, 6) is -0.250. The summed E-state index contributed by atoms with van der Waals surface area (Å²) >= 11 is 0. The highest BCUT2D eigenvalue weighted by molar-refractivity contribution is 5.80. The number of hydrogen-bond donors (Lipinski definition) is 1. The minimum absolute atomic E-state index is 0.0119. The number of carbonyl (C=O) groups is 1. The monoisotopic (exact) mass is 212 g/mol. The second-order valence-electron chi connectivity index (χ2n) is 2.99. The number of carbonyl (C=O) groups excluding carboxylic acids is 1. The van der Waals surface area contributed by atoms with E-state index in [0.29, 0.717) is 24.5 Å². The Morgan fingerprint density at radius 3 is 2.80 bits per heavy atom. The lowest BCUT2D eigenvalue weighted by Crippen LogP contribution is -2.15. The third kappa shape index (κ3) is 2.37. The van der Waals surface area contributed by atoms with Crippen LogP contribution in [-0.4, -0.2) is 20.1 Å². The summed E-state index contributed by atoms with van der Waals surface area (Å²) in [7, 11) is 1.54. The minimum Gasteiger partial charge on any atom is -0.492 e. The van der Waals surface area contributed by atoms with Crippen molar-refractivity contribution in [3.8, 4) is 5.75 Å². The third-order valence-corrected chi connectivity index (χ3v) is 1.92. The first-order valence-electron chi connectivity index (χ1n) is 4.50. The van der Waals surface area contributed by atoms with Gasteiger partial charge in [0.15, 0.2) is 0 Å². The Kier molecular flexibility index (Phi) is 3.49. The van der Waals surface area contributed by atoms with E-state index >= 15 is 0 Å². The van der Waals surface area contributed by atoms with E-state index in [1.165, 1.54) is 17.0 Å². The largest absolute Gasteiger partial charge is 0.492 e. The summed E-state index contributed by atoms with van der Waals surface area (Å²) in [6.45, 7) is 2.17. The summed E-state index contributed by atoms with van der Waals surface area (Å²) in [6, 6.07) is 2.54. The maximum absolute atomic E-state index is 13.1. The number of nitrogens with zero attached hydrogens (tertiary/aromatic N) is 1. The van der Waals surface area contributed by atoms with Crippen molar-refractivity contribution in [2.45, 2.75) is 6.92 Å². The Labute approximate surface area is 87.4 Å². The summed E-state index contributed by atoms with van der Waals surface area (Å²) in [5, 5.41) is 0. The lowest BCUT2D eigenvalue weighted by molar-refractivity contribution is -0.107. The Morgan fingerprint density at radius 2 is 2.27 bits per heavy atom. The fourth-order valence-corrected chi connectivity index (χ4v) is 1.16. The fourth-order valence-electron chi connectivity index (χ4n) is 1.16. The molecule has 1 rings (SSSR count). The van der Waals surface area contributed by atoms with Gasteiger partial charge >= 0.3 is 0 Å². The topological polar surface area (TPSA) is 55.6 Å². The van der Waals surface area contributed by atoms with Gasteiger partial charge in [0.2, 0.25) is 6.41 Å². The number of nitrogens with two attached hydrogens (primary N) is 1. The number of rotatable bonds is 4. The van der Waals surface area contributed by atoms with Crippen LogP contribution in [0.15, 0.2) is 12.1 Å². The molecule has 15 heavy (non-hydrogen) atoms. The van der Waals surface area contributed by atoms with Crippen molar-refractivity contribution in [2.24, 2.45) is 0 Å². The molecule has 0 fully saturated rings. The maximum Gasteiger partial charge on any atom is 0.213 e. The van der Waals surface area contributed by atoms with Gasteiger partial charge in [0.25, 0.3) is 0 Å². The molecular weight excluding hydrogens is 199 g/mol. The Bertz CT molecular complexity index is 369. The van der Waals surface area contributed by atoms with Crippen LogP contribution in [0.3, 0.4) is 0 Å². The molecule has 0 heterocycles. The van der Waals surface area contributed by atoms with Crippen molar-refractivity contribution in [3.05, 3.63) is 17.9 Å². The van der Waals surface area contributed by atoms with Crippen molar-refractivity contribution >= 4 is 17.8 Å². The predicted octanol–water partition coefficient (Wildman–Crippen LogP) is 1.40. The van der Waals surface area contributed by atoms with Crippen LogP contribution in [0.5, 0.6) is 5.75 Å². The van der Waals surface area contributed by atoms with Gasteiger partial charge in [-0.1, -0.05) is 0 Å². The number of benzene rings is 1. The summed E-state index contributed by atoms with van der Waals surface area (Å²) < 4.78 is 18.3. The van der Waals surface area contributed by atoms with E-state index in [1.807, 2.05) is 0 Å². The molecule has 0 saturated carbocycles. The molecule has 0 aliphatic carbocycles. The van der Waals surface area contributed by atoms with Gasteiger partial charge in [-0.05, 0) is 13.0 Å². The first-order valence-corrected chi connectivity index (χ1v) is 4.50. The summed E-state index contributed by atoms with van der Waals surface area (Å²) in [4.78, 5) is 11.9. The fraction of sp³-hybridized carbons (Fsp3) is 0.300. The molecule has 82 valence electrons. The molecule has 1 aromatic carbocycles. The van der Waals surface area contributed by atoms with E-state index in [2.05, 4.69) is 0 Å². The highest BCUT2D eigenvalue weighted by Gasteiger charge is 2.12. The summed E-state index contributed by atoms with van der Waals surface area (Å²) in [5.41, 5.74) is 5.84. The smallest absolute Gasteiger partial charge is 0.213 e. The second-order valence-corrected chi connectivity index (χ2v) is 2.99. The molecule has 0 atom stereocenters. The van der Waals surface area contributed by atoms with Gasteiger partial charge in [-0.3, -0.25) is 4.79 Å². The average Bonchev–Trinajstić information content (AvgIpc) is 2.22. The standard InChI is InChI=1S/C10H13FN2O2/c1-3-15-10-4-7(11)8(12)5-9(10)13(2)6-14/h4-6H,3,12H2,1-2H3. The number of anilines is 2. The highest BCUT2D eigenvalue weighted by atomic mass is 19.1. The molecule has 4 nitrogen and oxygen atoms in total. The van der Waals surface area contributed by atoms with Gasteiger partial charge in [0.1, 0.15) is 11.6 Å². The van der Waals surface area contributed by atoms with E-state index in [4.69, 9.17) is 10.5 Å². The molecule has 0 aliphatic rings. The molecule has 0 saturated heterocycles. The zero-order valence-corrected chi connectivity index (χ0v) is 8.66. The van der Waals surface area contributed by atoms with Gasteiger partial charge in [-0.15, -0.1) is 0 Å². The van der Waals surface area contributed by atoms with Gasteiger partial charge < -0.3 is 15.4 Å². The normalized spacial score (nSPS) is 9.80. The quantitative estimate of drug-likeness (QED) is 0.606. The van der Waals surface area contributed by atoms with Crippen LogP contribution in [0, 0.1) is 5.82 Å². The zero-order chi connectivity index (χ0) is 11.4. The van der Waals surface area contributed by atoms with Crippen LogP contribution in [0.2, 0.25) is 0 Å². The molecule has 5 heteroatoms. The molecule has 2 N–H and O–H groups in total. The number of hydrogen-bond acceptors (Lipinski definition) is 3. The van der Waals surface area contributed by atoms with Crippen LogP contribution < -0.4 is 15.4 Å². The zero-order valence-electron chi connectivity index (χ0n) is 8.66. The molecule has 0 bridgehead atoms. The molecular formula is C10H13FN2O2. The third-order valence-electron chi connectivity index (χ3n) is 1.92. The van der Waals surface area contributed by atoms with Gasteiger partial charge in [0.05, 0.1) is 18.0 Å². The molecule has 0 unspecified atom stereocenters. The second kappa shape index (κ2) is 4.63. The van der Waals surface area contributed by atoms with Crippen molar-refractivity contribution in [1.29, 1.82) is 0 Å². The number of amides is 1. The Balaban J connectivity index is 3.21. The Hall–Kier alpha value is -1.78. The SMILES string of the molecule is CCOc1cc(F)c(N)cc1N(C)C=O. The predicted molar refractivity (Wildman–Crippen MR) is 56.4 cm³/mol. The van der Waals surface area contributed by atoms with E-state index in [9.17, 15) is 9.18 Å². The van der Waals surface area contributed by atoms with Gasteiger partial charge in [-0.25, -0.2) is 4.39 Å². The van der Waals surface area contributed by atoms with Crippen LogP contribution >= 0.6 is 0 Å². The Morgan fingerprint density at radius 1 is 1.60 bits per heavy atom. The molecule has 0 aromatic heterocycles. The molecule has 1 amide bonds. The lowest BCUT2D eigenvalue weighted by Gasteiger charge is -2.16. The van der Waals surface area contributed by atoms with Crippen LogP contribution in [-0.2, 0) is 4.79 Å². The molecule has 1 aromatic rings. The number of ether oxygens (including phenoxy) is 1.